The molecular formula is C11H18O2. The van der Waals surface area contributed by atoms with Crippen LogP contribution in [0.2, 0.25) is 0 Å². The van der Waals surface area contributed by atoms with Gasteiger partial charge in [0.15, 0.2) is 0 Å². The van der Waals surface area contributed by atoms with Crippen molar-refractivity contribution in [2.75, 3.05) is 0 Å². The molecule has 13 heavy (non-hydrogen) atoms. The molecular weight excluding hydrogens is 164 g/mol. The van der Waals surface area contributed by atoms with Crippen molar-refractivity contribution in [3.8, 4) is 0 Å². The summed E-state index contributed by atoms with van der Waals surface area (Å²) in [6, 6.07) is 0. The van der Waals surface area contributed by atoms with E-state index >= 15 is 0 Å². The van der Waals surface area contributed by atoms with Crippen molar-refractivity contribution in [3.05, 3.63) is 0 Å². The van der Waals surface area contributed by atoms with Crippen molar-refractivity contribution < 1.29 is 9.59 Å². The lowest BCUT2D eigenvalue weighted by Gasteiger charge is -2.17. The molecule has 1 rings (SSSR count). The summed E-state index contributed by atoms with van der Waals surface area (Å²) in [6.07, 6.45) is 8.67. The van der Waals surface area contributed by atoms with E-state index < -0.39 is 0 Å². The molecule has 1 unspecified atom stereocenters. The zero-order chi connectivity index (χ0) is 9.52. The Morgan fingerprint density at radius 2 is 2.00 bits per heavy atom. The molecule has 1 fully saturated rings. The highest BCUT2D eigenvalue weighted by atomic mass is 16.1. The molecule has 0 amide bonds. The van der Waals surface area contributed by atoms with Crippen LogP contribution in [-0.4, -0.2) is 12.1 Å². The van der Waals surface area contributed by atoms with Crippen molar-refractivity contribution in [1.82, 2.24) is 0 Å². The standard InChI is InChI=1S/C11H18O2/c12-9-5-7-10-6-3-1-2-4-8-11(10)13/h9-10H,1-8H2. The van der Waals surface area contributed by atoms with Crippen LogP contribution in [0, 0.1) is 5.92 Å². The first-order valence-electron chi connectivity index (χ1n) is 5.31. The fourth-order valence-electron chi connectivity index (χ4n) is 1.98. The highest BCUT2D eigenvalue weighted by Crippen LogP contribution is 2.22. The summed E-state index contributed by atoms with van der Waals surface area (Å²) in [6.45, 7) is 0. The van der Waals surface area contributed by atoms with Gasteiger partial charge in [0.25, 0.3) is 0 Å². The van der Waals surface area contributed by atoms with E-state index in [0.717, 1.165) is 38.4 Å². The predicted octanol–water partition coefficient (Wildman–Crippen LogP) is 2.51. The van der Waals surface area contributed by atoms with Gasteiger partial charge in [-0.25, -0.2) is 0 Å². The van der Waals surface area contributed by atoms with Crippen LogP contribution in [0.1, 0.15) is 51.4 Å². The van der Waals surface area contributed by atoms with E-state index in [-0.39, 0.29) is 5.92 Å². The van der Waals surface area contributed by atoms with Gasteiger partial charge in [-0.05, 0) is 19.3 Å². The number of Topliss-reactive ketones (excluding diaryl/α,β-unsaturated/α-hetero) is 1. The molecule has 0 N–H and O–H groups in total. The van der Waals surface area contributed by atoms with Crippen molar-refractivity contribution >= 4 is 12.1 Å². The molecule has 0 aliphatic heterocycles. The lowest BCUT2D eigenvalue weighted by molar-refractivity contribution is -0.123. The third-order valence-electron chi connectivity index (χ3n) is 2.81. The van der Waals surface area contributed by atoms with Gasteiger partial charge in [-0.15, -0.1) is 0 Å². The number of aldehydes is 1. The lowest BCUT2D eigenvalue weighted by atomic mass is 9.87. The Hall–Kier alpha value is -0.660. The first kappa shape index (κ1) is 10.4. The van der Waals surface area contributed by atoms with Gasteiger partial charge in [0.05, 0.1) is 0 Å². The minimum atomic E-state index is 0.186. The summed E-state index contributed by atoms with van der Waals surface area (Å²) < 4.78 is 0. The Kier molecular flexibility index (Phi) is 4.73. The Morgan fingerprint density at radius 1 is 1.23 bits per heavy atom. The molecule has 1 aliphatic rings. The molecule has 1 atom stereocenters. The van der Waals surface area contributed by atoms with Crippen LogP contribution < -0.4 is 0 Å². The number of hydrogen-bond donors (Lipinski definition) is 0. The second kappa shape index (κ2) is 5.90. The Balaban J connectivity index is 2.36. The van der Waals surface area contributed by atoms with Gasteiger partial charge in [-0.2, -0.15) is 0 Å². The second-order valence-corrected chi connectivity index (χ2v) is 3.86. The van der Waals surface area contributed by atoms with Gasteiger partial charge in [0.1, 0.15) is 12.1 Å². The van der Waals surface area contributed by atoms with Crippen LogP contribution in [0.15, 0.2) is 0 Å². The summed E-state index contributed by atoms with van der Waals surface area (Å²) in [5.74, 6) is 0.576. The molecule has 0 aromatic rings. The van der Waals surface area contributed by atoms with Crippen LogP contribution >= 0.6 is 0 Å². The maximum Gasteiger partial charge on any atom is 0.135 e. The van der Waals surface area contributed by atoms with E-state index in [0.29, 0.717) is 12.2 Å². The highest BCUT2D eigenvalue weighted by molar-refractivity contribution is 5.81. The third-order valence-corrected chi connectivity index (χ3v) is 2.81. The van der Waals surface area contributed by atoms with E-state index in [1.807, 2.05) is 0 Å². The Morgan fingerprint density at radius 3 is 2.77 bits per heavy atom. The van der Waals surface area contributed by atoms with Gasteiger partial charge in [0.2, 0.25) is 0 Å². The first-order valence-corrected chi connectivity index (χ1v) is 5.31. The maximum absolute atomic E-state index is 11.6. The highest BCUT2D eigenvalue weighted by Gasteiger charge is 2.18. The van der Waals surface area contributed by atoms with E-state index in [1.165, 1.54) is 12.8 Å². The van der Waals surface area contributed by atoms with Crippen LogP contribution in [0.25, 0.3) is 0 Å². The number of carbonyl (C=O) groups is 2. The molecule has 2 nitrogen and oxygen atoms in total. The fraction of sp³-hybridized carbons (Fsp3) is 0.818. The summed E-state index contributed by atoms with van der Waals surface area (Å²) in [4.78, 5) is 21.8. The van der Waals surface area contributed by atoms with E-state index in [1.54, 1.807) is 0 Å². The molecule has 0 bridgehead atoms. The third kappa shape index (κ3) is 3.71. The van der Waals surface area contributed by atoms with E-state index in [4.69, 9.17) is 0 Å². The monoisotopic (exact) mass is 182 g/mol. The minimum Gasteiger partial charge on any atom is -0.303 e. The molecule has 0 aromatic heterocycles. The molecule has 2 heteroatoms. The molecule has 0 aromatic carbocycles. The molecule has 0 heterocycles. The lowest BCUT2D eigenvalue weighted by Crippen LogP contribution is -2.16. The smallest absolute Gasteiger partial charge is 0.135 e. The van der Waals surface area contributed by atoms with Crippen LogP contribution in [-0.2, 0) is 9.59 Å². The molecule has 74 valence electrons. The second-order valence-electron chi connectivity index (χ2n) is 3.86. The predicted molar refractivity (Wildman–Crippen MR) is 51.5 cm³/mol. The van der Waals surface area contributed by atoms with Gasteiger partial charge in [-0.1, -0.05) is 19.3 Å². The average molecular weight is 182 g/mol. The van der Waals surface area contributed by atoms with Crippen LogP contribution in [0.3, 0.4) is 0 Å². The molecule has 1 aliphatic carbocycles. The first-order chi connectivity index (χ1) is 6.34. The average Bonchev–Trinajstić information content (AvgIpc) is 2.11. The van der Waals surface area contributed by atoms with E-state index in [2.05, 4.69) is 0 Å². The number of carbonyl (C=O) groups excluding carboxylic acids is 2. The molecule has 0 radical (unpaired) electrons. The number of hydrogen-bond acceptors (Lipinski definition) is 2. The molecule has 1 saturated carbocycles. The zero-order valence-electron chi connectivity index (χ0n) is 8.13. The van der Waals surface area contributed by atoms with Gasteiger partial charge < -0.3 is 4.79 Å². The summed E-state index contributed by atoms with van der Waals surface area (Å²) in [7, 11) is 0. The van der Waals surface area contributed by atoms with Gasteiger partial charge >= 0.3 is 0 Å². The van der Waals surface area contributed by atoms with Crippen LogP contribution in [0.5, 0.6) is 0 Å². The van der Waals surface area contributed by atoms with Crippen molar-refractivity contribution in [2.45, 2.75) is 51.4 Å². The maximum atomic E-state index is 11.6. The number of ketones is 1. The van der Waals surface area contributed by atoms with Gasteiger partial charge in [0, 0.05) is 18.8 Å². The minimum absolute atomic E-state index is 0.186. The normalized spacial score (nSPS) is 24.9. The SMILES string of the molecule is O=CCCC1CCCCCCC1=O. The Bertz CT molecular complexity index is 175. The summed E-state index contributed by atoms with van der Waals surface area (Å²) in [5, 5.41) is 0. The quantitative estimate of drug-likeness (QED) is 0.628. The summed E-state index contributed by atoms with van der Waals surface area (Å²) in [5.41, 5.74) is 0. The zero-order valence-corrected chi connectivity index (χ0v) is 8.13. The largest absolute Gasteiger partial charge is 0.303 e. The fourth-order valence-corrected chi connectivity index (χ4v) is 1.98. The summed E-state index contributed by atoms with van der Waals surface area (Å²) >= 11 is 0. The molecule has 0 spiro atoms. The van der Waals surface area contributed by atoms with Crippen molar-refractivity contribution in [3.63, 3.8) is 0 Å². The van der Waals surface area contributed by atoms with Gasteiger partial charge in [-0.3, -0.25) is 4.79 Å². The van der Waals surface area contributed by atoms with Crippen molar-refractivity contribution in [1.29, 1.82) is 0 Å². The van der Waals surface area contributed by atoms with Crippen molar-refractivity contribution in [2.24, 2.45) is 5.92 Å². The molecule has 0 saturated heterocycles. The van der Waals surface area contributed by atoms with Crippen LogP contribution in [0.4, 0.5) is 0 Å². The topological polar surface area (TPSA) is 34.1 Å². The van der Waals surface area contributed by atoms with E-state index in [9.17, 15) is 9.59 Å². The Labute approximate surface area is 79.7 Å². The number of rotatable bonds is 3.